The molecule has 4 nitrogen and oxygen atoms in total. The first kappa shape index (κ1) is 34.2. The molecule has 8 aromatic carbocycles. The number of hydrogen-bond acceptors (Lipinski definition) is 4. The van der Waals surface area contributed by atoms with Gasteiger partial charge in [0.25, 0.3) is 0 Å². The molecule has 2 aliphatic carbocycles. The van der Waals surface area contributed by atoms with Crippen LogP contribution in [0, 0.1) is 27.7 Å². The quantitative estimate of drug-likeness (QED) is 0.125. The Morgan fingerprint density at radius 2 is 0.672 bits per heavy atom. The zero-order valence-electron chi connectivity index (χ0n) is 33.2. The number of anilines is 6. The SMILES string of the molecule is Cc1cc2c(cc1C)NC1(Nc3cc(C)c(C)cc3Nc3cccc(c3)C3(c4cccc(c4)N2)c2ccccc2-c2ccccc23)c2ccccc2-c2ccccc21. The van der Waals surface area contributed by atoms with E-state index in [1.54, 1.807) is 0 Å². The molecule has 4 bridgehead atoms. The molecule has 8 aromatic rings. The van der Waals surface area contributed by atoms with Crippen LogP contribution in [-0.2, 0) is 11.1 Å². The van der Waals surface area contributed by atoms with Crippen LogP contribution in [-0.4, -0.2) is 0 Å². The first-order chi connectivity index (χ1) is 28.3. The van der Waals surface area contributed by atoms with E-state index in [0.29, 0.717) is 0 Å². The fourth-order valence-electron chi connectivity index (χ4n) is 9.98. The molecule has 0 saturated heterocycles. The molecule has 0 fully saturated rings. The van der Waals surface area contributed by atoms with Crippen molar-refractivity contribution in [3.63, 3.8) is 0 Å². The average Bonchev–Trinajstić information content (AvgIpc) is 3.69. The Morgan fingerprint density at radius 1 is 0.328 bits per heavy atom. The lowest BCUT2D eigenvalue weighted by molar-refractivity contribution is 0.700. The van der Waals surface area contributed by atoms with Crippen LogP contribution in [0.25, 0.3) is 22.3 Å². The Balaban J connectivity index is 1.22. The van der Waals surface area contributed by atoms with E-state index in [1.807, 2.05) is 0 Å². The molecule has 0 aromatic heterocycles. The summed E-state index contributed by atoms with van der Waals surface area (Å²) in [5.74, 6) is 0. The van der Waals surface area contributed by atoms with E-state index in [2.05, 4.69) is 219 Å². The Kier molecular flexibility index (Phi) is 7.52. The fourth-order valence-corrected chi connectivity index (χ4v) is 9.98. The number of rotatable bonds is 0. The summed E-state index contributed by atoms with van der Waals surface area (Å²) < 4.78 is 0. The molecule has 1 heterocycles. The molecule has 0 atom stereocenters. The van der Waals surface area contributed by atoms with Gasteiger partial charge in [0.2, 0.25) is 0 Å². The van der Waals surface area contributed by atoms with Crippen molar-refractivity contribution in [2.75, 3.05) is 21.3 Å². The second-order valence-electron chi connectivity index (χ2n) is 16.3. The number of hydrogen-bond donors (Lipinski definition) is 4. The first-order valence-electron chi connectivity index (χ1n) is 20.3. The van der Waals surface area contributed by atoms with Crippen molar-refractivity contribution in [2.45, 2.75) is 38.8 Å². The van der Waals surface area contributed by atoms with Crippen molar-refractivity contribution in [1.82, 2.24) is 0 Å². The second-order valence-corrected chi connectivity index (χ2v) is 16.3. The van der Waals surface area contributed by atoms with Gasteiger partial charge in [-0.25, -0.2) is 0 Å². The summed E-state index contributed by atoms with van der Waals surface area (Å²) in [5, 5.41) is 16.3. The van der Waals surface area contributed by atoms with Gasteiger partial charge in [0, 0.05) is 22.5 Å². The Hall–Kier alpha value is -7.04. The van der Waals surface area contributed by atoms with Crippen LogP contribution < -0.4 is 21.3 Å². The van der Waals surface area contributed by atoms with E-state index >= 15 is 0 Å². The molecular formula is C54H44N4. The molecule has 0 unspecified atom stereocenters. The Bertz CT molecular complexity index is 2770. The van der Waals surface area contributed by atoms with E-state index in [9.17, 15) is 0 Å². The van der Waals surface area contributed by atoms with Crippen molar-refractivity contribution in [1.29, 1.82) is 0 Å². The summed E-state index contributed by atoms with van der Waals surface area (Å²) >= 11 is 0. The van der Waals surface area contributed by atoms with E-state index < -0.39 is 11.1 Å². The highest BCUT2D eigenvalue weighted by atomic mass is 15.2. The topological polar surface area (TPSA) is 48.1 Å². The van der Waals surface area contributed by atoms with Crippen molar-refractivity contribution < 1.29 is 0 Å². The minimum atomic E-state index is -0.814. The lowest BCUT2D eigenvalue weighted by Gasteiger charge is -2.38. The average molecular weight is 749 g/mol. The Morgan fingerprint density at radius 3 is 1.09 bits per heavy atom. The highest BCUT2D eigenvalue weighted by molar-refractivity contribution is 5.90. The first-order valence-corrected chi connectivity index (χ1v) is 20.3. The van der Waals surface area contributed by atoms with Gasteiger partial charge in [-0.15, -0.1) is 0 Å². The van der Waals surface area contributed by atoms with Gasteiger partial charge in [-0.3, -0.25) is 0 Å². The molecule has 58 heavy (non-hydrogen) atoms. The van der Waals surface area contributed by atoms with Crippen LogP contribution in [0.1, 0.15) is 55.6 Å². The molecule has 1 aliphatic heterocycles. The number of nitrogens with one attached hydrogen (secondary N) is 4. The van der Waals surface area contributed by atoms with E-state index in [1.165, 1.54) is 77.9 Å². The predicted molar refractivity (Wildman–Crippen MR) is 242 cm³/mol. The summed E-state index contributed by atoms with van der Waals surface area (Å²) in [6.07, 6.45) is 0. The van der Waals surface area contributed by atoms with Gasteiger partial charge in [0.05, 0.1) is 28.2 Å². The summed E-state index contributed by atoms with van der Waals surface area (Å²) in [5.41, 5.74) is 21.9. The summed E-state index contributed by atoms with van der Waals surface area (Å²) in [6, 6.07) is 62.8. The molecule has 4 N–H and O–H groups in total. The maximum absolute atomic E-state index is 4.20. The molecule has 4 heteroatoms. The van der Waals surface area contributed by atoms with Gasteiger partial charge in [0.1, 0.15) is 0 Å². The third-order valence-electron chi connectivity index (χ3n) is 13.0. The number of aryl methyl sites for hydroxylation is 4. The zero-order chi connectivity index (χ0) is 39.2. The predicted octanol–water partition coefficient (Wildman–Crippen LogP) is 13.5. The van der Waals surface area contributed by atoms with Crippen LogP contribution in [0.3, 0.4) is 0 Å². The normalized spacial score (nSPS) is 14.7. The number of benzene rings is 8. The number of fused-ring (bicyclic) bond motifs is 18. The highest BCUT2D eigenvalue weighted by Gasteiger charge is 2.47. The van der Waals surface area contributed by atoms with Gasteiger partial charge in [-0.1, -0.05) is 121 Å². The van der Waals surface area contributed by atoms with Crippen molar-refractivity contribution in [3.05, 3.63) is 225 Å². The molecule has 0 amide bonds. The minimum absolute atomic E-state index is 0.560. The maximum Gasteiger partial charge on any atom is 0.162 e. The summed E-state index contributed by atoms with van der Waals surface area (Å²) in [4.78, 5) is 0. The third-order valence-corrected chi connectivity index (χ3v) is 13.0. The van der Waals surface area contributed by atoms with Gasteiger partial charge in [-0.2, -0.15) is 0 Å². The molecular weight excluding hydrogens is 705 g/mol. The molecule has 3 aliphatic rings. The molecule has 280 valence electrons. The maximum atomic E-state index is 4.20. The Labute approximate surface area is 340 Å². The van der Waals surface area contributed by atoms with Gasteiger partial charge >= 0.3 is 0 Å². The lowest BCUT2D eigenvalue weighted by atomic mass is 9.67. The van der Waals surface area contributed by atoms with Gasteiger partial charge in [0.15, 0.2) is 5.66 Å². The standard InChI is InChI=1S/C54H44N4/c1-33-27-49-51(29-35(33)3)57-54(47-25-11-7-21-43(47)44-22-8-12-26-48(44)54)58-52-30-36(4)34(2)28-50(52)56-40-18-14-16-38(32-40)53(37-15-13-17-39(31-37)55-49)45-23-9-5-19-41(45)42-20-6-10-24-46(42)53/h5-32,55-58H,1-4H3. The lowest BCUT2D eigenvalue weighted by Crippen LogP contribution is -2.43. The second kappa shape index (κ2) is 12.7. The van der Waals surface area contributed by atoms with Crippen molar-refractivity contribution in [3.8, 4) is 22.3 Å². The molecule has 2 spiro atoms. The molecule has 0 saturated carbocycles. The smallest absolute Gasteiger partial charge is 0.162 e. The van der Waals surface area contributed by atoms with Crippen LogP contribution in [0.4, 0.5) is 34.1 Å². The molecule has 11 rings (SSSR count). The zero-order valence-corrected chi connectivity index (χ0v) is 33.2. The monoisotopic (exact) mass is 748 g/mol. The van der Waals surface area contributed by atoms with Crippen LogP contribution in [0.5, 0.6) is 0 Å². The highest BCUT2D eigenvalue weighted by Crippen LogP contribution is 2.57. The summed E-state index contributed by atoms with van der Waals surface area (Å²) in [7, 11) is 0. The fraction of sp³-hybridized carbons (Fsp3) is 0.111. The third kappa shape index (κ3) is 4.94. The van der Waals surface area contributed by atoms with Crippen molar-refractivity contribution in [2.24, 2.45) is 0 Å². The largest absolute Gasteiger partial charge is 0.354 e. The molecule has 0 radical (unpaired) electrons. The summed E-state index contributed by atoms with van der Waals surface area (Å²) in [6.45, 7) is 8.79. The van der Waals surface area contributed by atoms with Crippen LogP contribution in [0.15, 0.2) is 170 Å². The van der Waals surface area contributed by atoms with Gasteiger partial charge in [-0.05, 0) is 143 Å². The van der Waals surface area contributed by atoms with Crippen LogP contribution in [0.2, 0.25) is 0 Å². The van der Waals surface area contributed by atoms with E-state index in [0.717, 1.165) is 34.1 Å². The van der Waals surface area contributed by atoms with Crippen LogP contribution >= 0.6 is 0 Å². The minimum Gasteiger partial charge on any atom is -0.354 e. The van der Waals surface area contributed by atoms with Gasteiger partial charge < -0.3 is 21.3 Å². The van der Waals surface area contributed by atoms with E-state index in [-0.39, 0.29) is 0 Å². The van der Waals surface area contributed by atoms with E-state index in [4.69, 9.17) is 0 Å². The van der Waals surface area contributed by atoms with Crippen molar-refractivity contribution >= 4 is 34.1 Å².